The molecule has 1 aromatic heterocycles. The minimum atomic E-state index is -0.245. The number of hydrogen-bond donors (Lipinski definition) is 0. The Balaban J connectivity index is 1.61. The molecule has 0 N–H and O–H groups in total. The van der Waals surface area contributed by atoms with Crippen LogP contribution in [0, 0.1) is 11.3 Å². The van der Waals surface area contributed by atoms with Gasteiger partial charge in [0.25, 0.3) is 0 Å². The summed E-state index contributed by atoms with van der Waals surface area (Å²) < 4.78 is 1.93. The zero-order chi connectivity index (χ0) is 16.9. The topological polar surface area (TPSA) is 52.3 Å². The van der Waals surface area contributed by atoms with E-state index in [0.29, 0.717) is 13.1 Å². The molecule has 1 aliphatic rings. The third-order valence-electron chi connectivity index (χ3n) is 4.66. The number of aromatic nitrogens is 1. The second kappa shape index (κ2) is 7.33. The van der Waals surface area contributed by atoms with Crippen molar-refractivity contribution in [3.63, 3.8) is 0 Å². The van der Waals surface area contributed by atoms with Gasteiger partial charge in [-0.2, -0.15) is 5.26 Å². The maximum atomic E-state index is 12.6. The van der Waals surface area contributed by atoms with E-state index >= 15 is 0 Å². The molecule has 0 saturated carbocycles. The third kappa shape index (κ3) is 3.34. The molecule has 24 heavy (non-hydrogen) atoms. The fourth-order valence-electron chi connectivity index (χ4n) is 3.20. The number of nitrogens with zero attached hydrogens (tertiary/aromatic N) is 4. The number of rotatable bonds is 4. The van der Waals surface area contributed by atoms with Gasteiger partial charge in [-0.15, -0.1) is 0 Å². The van der Waals surface area contributed by atoms with Gasteiger partial charge in [0.15, 0.2) is 0 Å². The molecule has 0 aliphatic carbocycles. The van der Waals surface area contributed by atoms with Crippen LogP contribution in [-0.2, 0) is 4.79 Å². The van der Waals surface area contributed by atoms with E-state index in [9.17, 15) is 10.1 Å². The standard InChI is InChI=1S/C19H22N4O/c1-16(21-9-5-6-10-21)19(24)23-13-11-22(12-14-23)18(15-20)17-7-3-2-4-8-17/h2-10,16,18H,11-14H2,1H3. The van der Waals surface area contributed by atoms with Crippen molar-refractivity contribution >= 4 is 5.91 Å². The molecule has 3 rings (SSSR count). The highest BCUT2D eigenvalue weighted by Crippen LogP contribution is 2.22. The summed E-state index contributed by atoms with van der Waals surface area (Å²) in [4.78, 5) is 16.7. The van der Waals surface area contributed by atoms with Crippen molar-refractivity contribution in [2.24, 2.45) is 0 Å². The van der Waals surface area contributed by atoms with Gasteiger partial charge in [0.05, 0.1) is 6.07 Å². The SMILES string of the molecule is CC(C(=O)N1CCN(C(C#N)c2ccccc2)CC1)n1cccc1. The molecule has 0 bridgehead atoms. The molecule has 5 nitrogen and oxygen atoms in total. The Hall–Kier alpha value is -2.58. The molecule has 2 atom stereocenters. The van der Waals surface area contributed by atoms with Gasteiger partial charge in [-0.05, 0) is 24.6 Å². The van der Waals surface area contributed by atoms with Gasteiger partial charge in [-0.25, -0.2) is 0 Å². The maximum Gasteiger partial charge on any atom is 0.245 e. The molecule has 1 fully saturated rings. The summed E-state index contributed by atoms with van der Waals surface area (Å²) in [5.41, 5.74) is 1.01. The Bertz CT molecular complexity index is 697. The van der Waals surface area contributed by atoms with Crippen LogP contribution in [0.1, 0.15) is 24.6 Å². The minimum absolute atomic E-state index is 0.138. The summed E-state index contributed by atoms with van der Waals surface area (Å²) in [5.74, 6) is 0.138. The van der Waals surface area contributed by atoms with Crippen LogP contribution in [0.3, 0.4) is 0 Å². The molecule has 1 saturated heterocycles. The van der Waals surface area contributed by atoms with Gasteiger partial charge in [-0.3, -0.25) is 9.69 Å². The maximum absolute atomic E-state index is 12.6. The number of hydrogen-bond acceptors (Lipinski definition) is 3. The summed E-state index contributed by atoms with van der Waals surface area (Å²) in [6.45, 7) is 4.69. The van der Waals surface area contributed by atoms with Gasteiger partial charge >= 0.3 is 0 Å². The quantitative estimate of drug-likeness (QED) is 0.869. The average molecular weight is 322 g/mol. The lowest BCUT2D eigenvalue weighted by molar-refractivity contribution is -0.136. The molecule has 5 heteroatoms. The van der Waals surface area contributed by atoms with Crippen LogP contribution in [0.15, 0.2) is 54.9 Å². The third-order valence-corrected chi connectivity index (χ3v) is 4.66. The fourth-order valence-corrected chi connectivity index (χ4v) is 3.20. The van der Waals surface area contributed by atoms with E-state index in [1.165, 1.54) is 0 Å². The highest BCUT2D eigenvalue weighted by atomic mass is 16.2. The van der Waals surface area contributed by atoms with Crippen LogP contribution >= 0.6 is 0 Å². The molecule has 1 aliphatic heterocycles. The summed E-state index contributed by atoms with van der Waals surface area (Å²) >= 11 is 0. The summed E-state index contributed by atoms with van der Waals surface area (Å²) in [6, 6.07) is 15.7. The Morgan fingerprint density at radius 2 is 1.67 bits per heavy atom. The van der Waals surface area contributed by atoms with E-state index in [-0.39, 0.29) is 18.0 Å². The largest absolute Gasteiger partial charge is 0.342 e. The minimum Gasteiger partial charge on any atom is -0.342 e. The van der Waals surface area contributed by atoms with E-state index in [1.54, 1.807) is 0 Å². The fraction of sp³-hybridized carbons (Fsp3) is 0.368. The number of carbonyl (C=O) groups is 1. The predicted octanol–water partition coefficient (Wildman–Crippen LogP) is 2.46. The molecular weight excluding hydrogens is 300 g/mol. The number of carbonyl (C=O) groups excluding carboxylic acids is 1. The van der Waals surface area contributed by atoms with Crippen molar-refractivity contribution in [1.82, 2.24) is 14.4 Å². The van der Waals surface area contributed by atoms with Crippen molar-refractivity contribution in [1.29, 1.82) is 5.26 Å². The highest BCUT2D eigenvalue weighted by molar-refractivity contribution is 5.80. The van der Waals surface area contributed by atoms with Crippen molar-refractivity contribution in [2.75, 3.05) is 26.2 Å². The number of piperazine rings is 1. The Labute approximate surface area is 142 Å². The van der Waals surface area contributed by atoms with E-state index < -0.39 is 0 Å². The monoisotopic (exact) mass is 322 g/mol. The van der Waals surface area contributed by atoms with E-state index in [1.807, 2.05) is 71.2 Å². The van der Waals surface area contributed by atoms with Crippen molar-refractivity contribution in [3.05, 3.63) is 60.4 Å². The molecule has 2 aromatic rings. The second-order valence-corrected chi connectivity index (χ2v) is 6.11. The summed E-state index contributed by atoms with van der Waals surface area (Å²) in [7, 11) is 0. The van der Waals surface area contributed by atoms with Gasteiger partial charge < -0.3 is 9.47 Å². The first-order valence-corrected chi connectivity index (χ1v) is 8.30. The number of benzene rings is 1. The van der Waals surface area contributed by atoms with Gasteiger partial charge in [0.1, 0.15) is 12.1 Å². The van der Waals surface area contributed by atoms with Crippen LogP contribution in [0.4, 0.5) is 0 Å². The van der Waals surface area contributed by atoms with E-state index in [0.717, 1.165) is 18.7 Å². The lowest BCUT2D eigenvalue weighted by Crippen LogP contribution is -2.50. The second-order valence-electron chi connectivity index (χ2n) is 6.11. The summed E-state index contributed by atoms with van der Waals surface area (Å²) in [5, 5.41) is 9.54. The van der Waals surface area contributed by atoms with Gasteiger partial charge in [-0.1, -0.05) is 30.3 Å². The van der Waals surface area contributed by atoms with Crippen LogP contribution < -0.4 is 0 Å². The zero-order valence-electron chi connectivity index (χ0n) is 13.9. The average Bonchev–Trinajstić information content (AvgIpc) is 3.17. The lowest BCUT2D eigenvalue weighted by atomic mass is 10.1. The van der Waals surface area contributed by atoms with Crippen LogP contribution in [0.5, 0.6) is 0 Å². The van der Waals surface area contributed by atoms with Crippen LogP contribution in [-0.4, -0.2) is 46.5 Å². The number of nitriles is 1. The first-order valence-electron chi connectivity index (χ1n) is 8.30. The Morgan fingerprint density at radius 1 is 1.04 bits per heavy atom. The van der Waals surface area contributed by atoms with Gasteiger partial charge in [0.2, 0.25) is 5.91 Å². The van der Waals surface area contributed by atoms with Crippen LogP contribution in [0.25, 0.3) is 0 Å². The molecule has 0 spiro atoms. The number of amides is 1. The molecular formula is C19H22N4O. The van der Waals surface area contributed by atoms with E-state index in [4.69, 9.17) is 0 Å². The van der Waals surface area contributed by atoms with Crippen molar-refractivity contribution in [2.45, 2.75) is 19.0 Å². The van der Waals surface area contributed by atoms with Gasteiger partial charge in [0, 0.05) is 38.6 Å². The smallest absolute Gasteiger partial charge is 0.245 e. The van der Waals surface area contributed by atoms with Crippen molar-refractivity contribution in [3.8, 4) is 6.07 Å². The first kappa shape index (κ1) is 16.3. The highest BCUT2D eigenvalue weighted by Gasteiger charge is 2.29. The predicted molar refractivity (Wildman–Crippen MR) is 92.1 cm³/mol. The van der Waals surface area contributed by atoms with E-state index in [2.05, 4.69) is 11.0 Å². The molecule has 124 valence electrons. The molecule has 2 unspecified atom stereocenters. The Morgan fingerprint density at radius 3 is 2.25 bits per heavy atom. The van der Waals surface area contributed by atoms with Crippen molar-refractivity contribution < 1.29 is 4.79 Å². The van der Waals surface area contributed by atoms with Crippen LogP contribution in [0.2, 0.25) is 0 Å². The normalized spacial score (nSPS) is 17.9. The molecule has 2 heterocycles. The summed E-state index contributed by atoms with van der Waals surface area (Å²) in [6.07, 6.45) is 3.83. The Kier molecular flexibility index (Phi) is 4.97. The lowest BCUT2D eigenvalue weighted by Gasteiger charge is -2.38. The molecule has 1 aromatic carbocycles. The zero-order valence-corrected chi connectivity index (χ0v) is 13.9. The molecule has 1 amide bonds. The molecule has 0 radical (unpaired) electrons. The first-order chi connectivity index (χ1) is 11.7.